The van der Waals surface area contributed by atoms with Crippen LogP contribution in [0, 0.1) is 5.92 Å². The van der Waals surface area contributed by atoms with Crippen LogP contribution in [-0.2, 0) is 4.79 Å². The zero-order valence-electron chi connectivity index (χ0n) is 14.8. The molecule has 1 saturated carbocycles. The number of hydrogen-bond acceptors (Lipinski definition) is 3. The quantitative estimate of drug-likeness (QED) is 0.913. The second kappa shape index (κ2) is 8.37. The first-order valence-corrected chi connectivity index (χ1v) is 9.50. The molecule has 1 aromatic carbocycles. The summed E-state index contributed by atoms with van der Waals surface area (Å²) < 4.78 is 0. The molecule has 1 saturated heterocycles. The van der Waals surface area contributed by atoms with Crippen LogP contribution in [-0.4, -0.2) is 52.9 Å². The molecule has 0 unspecified atom stereocenters. The molecule has 2 fully saturated rings. The topological polar surface area (TPSA) is 60.9 Å². The van der Waals surface area contributed by atoms with Gasteiger partial charge in [-0.3, -0.25) is 9.59 Å². The standard InChI is InChI=1S/C20H28N2O3/c23-18-9-5-4-8-17(18)20(25)22-14-12-21(13-15-22)19(24)11-10-16-6-2-1-3-7-16/h4-5,8-9,16,23H,1-3,6-7,10-15H2. The number of hydrogen-bond donors (Lipinski definition) is 1. The maximum absolute atomic E-state index is 12.5. The fourth-order valence-electron chi connectivity index (χ4n) is 3.95. The number of amides is 2. The van der Waals surface area contributed by atoms with Crippen LogP contribution in [0.3, 0.4) is 0 Å². The average molecular weight is 344 g/mol. The van der Waals surface area contributed by atoms with E-state index in [1.807, 2.05) is 4.90 Å². The minimum absolute atomic E-state index is 0.0125. The highest BCUT2D eigenvalue weighted by Crippen LogP contribution is 2.27. The van der Waals surface area contributed by atoms with Crippen LogP contribution >= 0.6 is 0 Å². The third-order valence-electron chi connectivity index (χ3n) is 5.55. The molecule has 5 heteroatoms. The smallest absolute Gasteiger partial charge is 0.257 e. The summed E-state index contributed by atoms with van der Waals surface area (Å²) in [6, 6.07) is 6.62. The zero-order valence-corrected chi connectivity index (χ0v) is 14.8. The molecule has 0 radical (unpaired) electrons. The number of benzene rings is 1. The van der Waals surface area contributed by atoms with Gasteiger partial charge in [0.2, 0.25) is 5.91 Å². The summed E-state index contributed by atoms with van der Waals surface area (Å²) in [4.78, 5) is 28.5. The first-order chi connectivity index (χ1) is 12.1. The maximum atomic E-state index is 12.5. The van der Waals surface area contributed by atoms with Gasteiger partial charge in [-0.15, -0.1) is 0 Å². The largest absolute Gasteiger partial charge is 0.507 e. The monoisotopic (exact) mass is 344 g/mol. The van der Waals surface area contributed by atoms with Gasteiger partial charge in [0.05, 0.1) is 5.56 Å². The van der Waals surface area contributed by atoms with Gasteiger partial charge in [-0.25, -0.2) is 0 Å². The summed E-state index contributed by atoms with van der Waals surface area (Å²) in [5.74, 6) is 0.799. The molecule has 5 nitrogen and oxygen atoms in total. The van der Waals surface area contributed by atoms with Crippen molar-refractivity contribution in [3.05, 3.63) is 29.8 Å². The lowest BCUT2D eigenvalue weighted by Crippen LogP contribution is -2.50. The molecular weight excluding hydrogens is 316 g/mol. The van der Waals surface area contributed by atoms with Crippen LogP contribution in [0.2, 0.25) is 0 Å². The highest BCUT2D eigenvalue weighted by molar-refractivity contribution is 5.97. The predicted molar refractivity (Wildman–Crippen MR) is 96.4 cm³/mol. The molecule has 2 amide bonds. The molecule has 136 valence electrons. The van der Waals surface area contributed by atoms with E-state index < -0.39 is 0 Å². The van der Waals surface area contributed by atoms with Crippen molar-refractivity contribution in [1.29, 1.82) is 0 Å². The van der Waals surface area contributed by atoms with Gasteiger partial charge in [0.15, 0.2) is 0 Å². The van der Waals surface area contributed by atoms with E-state index in [1.54, 1.807) is 23.1 Å². The third kappa shape index (κ3) is 4.53. The van der Waals surface area contributed by atoms with Gasteiger partial charge < -0.3 is 14.9 Å². The van der Waals surface area contributed by atoms with Crippen LogP contribution in [0.4, 0.5) is 0 Å². The van der Waals surface area contributed by atoms with E-state index >= 15 is 0 Å². The zero-order chi connectivity index (χ0) is 17.6. The molecule has 0 spiro atoms. The van der Waals surface area contributed by atoms with E-state index in [0.29, 0.717) is 38.2 Å². The normalized spacial score (nSPS) is 19.0. The number of phenolic OH excluding ortho intramolecular Hbond substituents is 1. The van der Waals surface area contributed by atoms with Crippen molar-refractivity contribution in [3.63, 3.8) is 0 Å². The van der Waals surface area contributed by atoms with Gasteiger partial charge >= 0.3 is 0 Å². The molecule has 1 aromatic rings. The second-order valence-corrected chi connectivity index (χ2v) is 7.23. The Morgan fingerprint density at radius 2 is 1.60 bits per heavy atom. The molecule has 1 N–H and O–H groups in total. The Balaban J connectivity index is 1.45. The van der Waals surface area contributed by atoms with Crippen molar-refractivity contribution < 1.29 is 14.7 Å². The molecule has 1 heterocycles. The van der Waals surface area contributed by atoms with Gasteiger partial charge in [-0.2, -0.15) is 0 Å². The minimum Gasteiger partial charge on any atom is -0.507 e. The van der Waals surface area contributed by atoms with Crippen molar-refractivity contribution >= 4 is 11.8 Å². The molecule has 1 aliphatic heterocycles. The van der Waals surface area contributed by atoms with Gasteiger partial charge in [-0.05, 0) is 24.5 Å². The summed E-state index contributed by atoms with van der Waals surface area (Å²) in [6.45, 7) is 2.23. The number of phenols is 1. The molecule has 0 atom stereocenters. The second-order valence-electron chi connectivity index (χ2n) is 7.23. The Morgan fingerprint density at radius 3 is 2.28 bits per heavy atom. The first-order valence-electron chi connectivity index (χ1n) is 9.50. The van der Waals surface area contributed by atoms with E-state index in [1.165, 1.54) is 38.2 Å². The maximum Gasteiger partial charge on any atom is 0.257 e. The summed E-state index contributed by atoms with van der Waals surface area (Å²) in [6.07, 6.45) is 8.16. The third-order valence-corrected chi connectivity index (χ3v) is 5.55. The number of carbonyl (C=O) groups excluding carboxylic acids is 2. The number of aromatic hydroxyl groups is 1. The Kier molecular flexibility index (Phi) is 5.95. The molecular formula is C20H28N2O3. The summed E-state index contributed by atoms with van der Waals surface area (Å²) in [5.41, 5.74) is 0.333. The van der Waals surface area contributed by atoms with E-state index in [2.05, 4.69) is 0 Å². The Hall–Kier alpha value is -2.04. The van der Waals surface area contributed by atoms with Crippen LogP contribution in [0.5, 0.6) is 5.75 Å². The van der Waals surface area contributed by atoms with E-state index in [9.17, 15) is 14.7 Å². The number of nitrogens with zero attached hydrogens (tertiary/aromatic N) is 2. The van der Waals surface area contributed by atoms with Crippen molar-refractivity contribution in [3.8, 4) is 5.75 Å². The van der Waals surface area contributed by atoms with E-state index in [-0.39, 0.29) is 17.6 Å². The summed E-state index contributed by atoms with van der Waals surface area (Å²) in [5, 5.41) is 9.83. The van der Waals surface area contributed by atoms with Crippen molar-refractivity contribution in [2.75, 3.05) is 26.2 Å². The van der Waals surface area contributed by atoms with Gasteiger partial charge in [-0.1, -0.05) is 44.2 Å². The fraction of sp³-hybridized carbons (Fsp3) is 0.600. The van der Waals surface area contributed by atoms with Crippen molar-refractivity contribution in [2.45, 2.75) is 44.9 Å². The first kappa shape index (κ1) is 17.8. The average Bonchev–Trinajstić information content (AvgIpc) is 2.67. The Labute approximate surface area is 149 Å². The van der Waals surface area contributed by atoms with Crippen molar-refractivity contribution in [1.82, 2.24) is 9.80 Å². The van der Waals surface area contributed by atoms with E-state index in [0.717, 1.165) is 12.3 Å². The fourth-order valence-corrected chi connectivity index (χ4v) is 3.95. The molecule has 0 bridgehead atoms. The van der Waals surface area contributed by atoms with Crippen LogP contribution in [0.25, 0.3) is 0 Å². The predicted octanol–water partition coefficient (Wildman–Crippen LogP) is 3.04. The Morgan fingerprint density at radius 1 is 0.960 bits per heavy atom. The van der Waals surface area contributed by atoms with E-state index in [4.69, 9.17) is 0 Å². The number of carbonyl (C=O) groups is 2. The van der Waals surface area contributed by atoms with Crippen LogP contribution in [0.1, 0.15) is 55.3 Å². The minimum atomic E-state index is -0.160. The molecule has 1 aliphatic carbocycles. The number of piperazine rings is 1. The Bertz CT molecular complexity index is 603. The summed E-state index contributed by atoms with van der Waals surface area (Å²) in [7, 11) is 0. The van der Waals surface area contributed by atoms with Gasteiger partial charge in [0.25, 0.3) is 5.91 Å². The van der Waals surface area contributed by atoms with Gasteiger partial charge in [0.1, 0.15) is 5.75 Å². The summed E-state index contributed by atoms with van der Waals surface area (Å²) >= 11 is 0. The number of rotatable bonds is 4. The van der Waals surface area contributed by atoms with Gasteiger partial charge in [0, 0.05) is 32.6 Å². The number of para-hydroxylation sites is 1. The van der Waals surface area contributed by atoms with Crippen LogP contribution in [0.15, 0.2) is 24.3 Å². The van der Waals surface area contributed by atoms with Crippen molar-refractivity contribution in [2.24, 2.45) is 5.92 Å². The lowest BCUT2D eigenvalue weighted by atomic mass is 9.86. The molecule has 0 aromatic heterocycles. The molecule has 2 aliphatic rings. The highest BCUT2D eigenvalue weighted by atomic mass is 16.3. The molecule has 3 rings (SSSR count). The SMILES string of the molecule is O=C(CCC1CCCCC1)N1CCN(C(=O)c2ccccc2O)CC1. The highest BCUT2D eigenvalue weighted by Gasteiger charge is 2.26. The molecule has 25 heavy (non-hydrogen) atoms. The van der Waals surface area contributed by atoms with Crippen LogP contribution < -0.4 is 0 Å². The lowest BCUT2D eigenvalue weighted by molar-refractivity contribution is -0.133. The lowest BCUT2D eigenvalue weighted by Gasteiger charge is -2.35.